The largest absolute Gasteiger partial charge is 0.375 e. The third-order valence-electron chi connectivity index (χ3n) is 4.53. The van der Waals surface area contributed by atoms with Crippen molar-refractivity contribution in [2.45, 2.75) is 24.9 Å². The predicted molar refractivity (Wildman–Crippen MR) is 103 cm³/mol. The first-order chi connectivity index (χ1) is 11.6. The van der Waals surface area contributed by atoms with Gasteiger partial charge in [-0.25, -0.2) is 0 Å². The topological polar surface area (TPSA) is 53.6 Å². The first kappa shape index (κ1) is 16.6. The normalized spacial score (nSPS) is 21.3. The molecule has 3 N–H and O–H groups in total. The van der Waals surface area contributed by atoms with Gasteiger partial charge in [0, 0.05) is 30.6 Å². The van der Waals surface area contributed by atoms with E-state index in [2.05, 4.69) is 71.0 Å². The molecule has 2 aromatic carbocycles. The minimum absolute atomic E-state index is 0.203. The lowest BCUT2D eigenvalue weighted by molar-refractivity contribution is 0.163. The van der Waals surface area contributed by atoms with E-state index in [0.29, 0.717) is 0 Å². The van der Waals surface area contributed by atoms with Crippen LogP contribution in [0.4, 0.5) is 0 Å². The van der Waals surface area contributed by atoms with Crippen molar-refractivity contribution in [2.75, 3.05) is 7.05 Å². The molecule has 0 bridgehead atoms. The predicted octanol–water partition coefficient (Wildman–Crippen LogP) is 3.38. The second kappa shape index (κ2) is 7.55. The summed E-state index contributed by atoms with van der Waals surface area (Å²) in [4.78, 5) is 2.43. The standard InChI is InChI=1S/C19H22N4S/c1-23-17(14-8-4-2-5-9-14)12-16(21-22-19(20)24)13-18(23)15-10-6-3-7-11-15/h2-11,17-18H,12-13H2,1H3,(H3,20,22,24). The lowest BCUT2D eigenvalue weighted by Gasteiger charge is -2.40. The van der Waals surface area contributed by atoms with Crippen LogP contribution in [0.3, 0.4) is 0 Å². The van der Waals surface area contributed by atoms with Crippen molar-refractivity contribution < 1.29 is 0 Å². The Morgan fingerprint density at radius 2 is 1.46 bits per heavy atom. The molecular formula is C19H22N4S. The van der Waals surface area contributed by atoms with Gasteiger partial charge in [-0.2, -0.15) is 5.10 Å². The third kappa shape index (κ3) is 3.80. The summed E-state index contributed by atoms with van der Waals surface area (Å²) in [6.45, 7) is 0. The molecule has 0 saturated carbocycles. The molecule has 1 saturated heterocycles. The average molecular weight is 338 g/mol. The molecule has 0 aromatic heterocycles. The van der Waals surface area contributed by atoms with Crippen LogP contribution in [0.15, 0.2) is 65.8 Å². The molecule has 2 unspecified atom stereocenters. The summed E-state index contributed by atoms with van der Waals surface area (Å²) in [5, 5.41) is 4.65. The molecule has 24 heavy (non-hydrogen) atoms. The molecule has 0 aliphatic carbocycles. The number of nitrogens with zero attached hydrogens (tertiary/aromatic N) is 2. The molecular weight excluding hydrogens is 316 g/mol. The maximum atomic E-state index is 5.53. The second-order valence-electron chi connectivity index (χ2n) is 6.08. The maximum Gasteiger partial charge on any atom is 0.184 e. The minimum Gasteiger partial charge on any atom is -0.375 e. The Hall–Kier alpha value is -2.24. The van der Waals surface area contributed by atoms with Crippen molar-refractivity contribution in [1.29, 1.82) is 0 Å². The summed E-state index contributed by atoms with van der Waals surface area (Å²) >= 11 is 4.88. The Bertz CT molecular complexity index is 663. The number of benzene rings is 2. The number of nitrogens with two attached hydrogens (primary N) is 1. The fourth-order valence-electron chi connectivity index (χ4n) is 3.32. The first-order valence-electron chi connectivity index (χ1n) is 8.08. The van der Waals surface area contributed by atoms with Crippen molar-refractivity contribution in [2.24, 2.45) is 10.8 Å². The van der Waals surface area contributed by atoms with Crippen LogP contribution < -0.4 is 11.2 Å². The van der Waals surface area contributed by atoms with Crippen LogP contribution in [-0.2, 0) is 0 Å². The molecule has 2 atom stereocenters. The van der Waals surface area contributed by atoms with E-state index in [-0.39, 0.29) is 17.2 Å². The summed E-state index contributed by atoms with van der Waals surface area (Å²) in [5.74, 6) is 0. The smallest absolute Gasteiger partial charge is 0.184 e. The van der Waals surface area contributed by atoms with Gasteiger partial charge >= 0.3 is 0 Å². The second-order valence-corrected chi connectivity index (χ2v) is 6.52. The van der Waals surface area contributed by atoms with Crippen molar-refractivity contribution in [3.05, 3.63) is 71.8 Å². The number of thiocarbonyl (C=S) groups is 1. The van der Waals surface area contributed by atoms with E-state index in [9.17, 15) is 0 Å². The van der Waals surface area contributed by atoms with Crippen LogP contribution >= 0.6 is 12.2 Å². The van der Waals surface area contributed by atoms with Crippen LogP contribution in [0.5, 0.6) is 0 Å². The van der Waals surface area contributed by atoms with Crippen LogP contribution in [0.2, 0.25) is 0 Å². The number of hydrazone groups is 1. The van der Waals surface area contributed by atoms with Gasteiger partial charge in [0.1, 0.15) is 0 Å². The van der Waals surface area contributed by atoms with Gasteiger partial charge in [0.15, 0.2) is 5.11 Å². The molecule has 1 aliphatic rings. The van der Waals surface area contributed by atoms with Crippen LogP contribution in [0.25, 0.3) is 0 Å². The maximum absolute atomic E-state index is 5.53. The van der Waals surface area contributed by atoms with Crippen LogP contribution in [0.1, 0.15) is 36.1 Å². The zero-order chi connectivity index (χ0) is 16.9. The zero-order valence-corrected chi connectivity index (χ0v) is 14.5. The monoisotopic (exact) mass is 338 g/mol. The molecule has 5 heteroatoms. The molecule has 4 nitrogen and oxygen atoms in total. The third-order valence-corrected chi connectivity index (χ3v) is 4.63. The number of hydrogen-bond acceptors (Lipinski definition) is 3. The number of hydrogen-bond donors (Lipinski definition) is 2. The number of nitrogens with one attached hydrogen (secondary N) is 1. The highest BCUT2D eigenvalue weighted by Crippen LogP contribution is 2.39. The fraction of sp³-hybridized carbons (Fsp3) is 0.263. The highest BCUT2D eigenvalue weighted by molar-refractivity contribution is 7.80. The number of likely N-dealkylation sites (tertiary alicyclic amines) is 1. The molecule has 2 aromatic rings. The Kier molecular flexibility index (Phi) is 5.23. The van der Waals surface area contributed by atoms with Gasteiger partial charge in [0.2, 0.25) is 0 Å². The van der Waals surface area contributed by atoms with E-state index >= 15 is 0 Å². The van der Waals surface area contributed by atoms with Gasteiger partial charge < -0.3 is 5.73 Å². The molecule has 1 heterocycles. The van der Waals surface area contributed by atoms with Crippen molar-refractivity contribution in [1.82, 2.24) is 10.3 Å². The molecule has 1 aliphatic heterocycles. The van der Waals surface area contributed by atoms with E-state index in [1.165, 1.54) is 11.1 Å². The molecule has 0 radical (unpaired) electrons. The van der Waals surface area contributed by atoms with Gasteiger partial charge in [-0.15, -0.1) is 0 Å². The zero-order valence-electron chi connectivity index (χ0n) is 13.7. The molecule has 3 rings (SSSR count). The van der Waals surface area contributed by atoms with Crippen molar-refractivity contribution in [3.63, 3.8) is 0 Å². The summed E-state index contributed by atoms with van der Waals surface area (Å²) in [5.41, 5.74) is 12.0. The van der Waals surface area contributed by atoms with Crippen LogP contribution in [-0.4, -0.2) is 22.8 Å². The Morgan fingerprint density at radius 3 is 1.88 bits per heavy atom. The highest BCUT2D eigenvalue weighted by atomic mass is 32.1. The minimum atomic E-state index is 0.203. The fourth-order valence-corrected chi connectivity index (χ4v) is 3.36. The summed E-state index contributed by atoms with van der Waals surface area (Å²) < 4.78 is 0. The van der Waals surface area contributed by atoms with Gasteiger partial charge in [-0.3, -0.25) is 10.3 Å². The number of piperidine rings is 1. The molecule has 124 valence electrons. The van der Waals surface area contributed by atoms with E-state index < -0.39 is 0 Å². The van der Waals surface area contributed by atoms with Gasteiger partial charge in [0.25, 0.3) is 0 Å². The van der Waals surface area contributed by atoms with Gasteiger partial charge in [-0.05, 0) is 30.4 Å². The van der Waals surface area contributed by atoms with E-state index in [1.54, 1.807) is 0 Å². The SMILES string of the molecule is CN1C(c2ccccc2)CC(=NNC(N)=S)CC1c1ccccc1. The lowest BCUT2D eigenvalue weighted by Crippen LogP contribution is -2.38. The highest BCUT2D eigenvalue weighted by Gasteiger charge is 2.32. The summed E-state index contributed by atoms with van der Waals surface area (Å²) in [6, 6.07) is 21.7. The average Bonchev–Trinajstić information content (AvgIpc) is 2.62. The Balaban J connectivity index is 1.93. The summed E-state index contributed by atoms with van der Waals surface area (Å²) in [6.07, 6.45) is 1.72. The lowest BCUT2D eigenvalue weighted by atomic mass is 9.87. The molecule has 0 spiro atoms. The van der Waals surface area contributed by atoms with E-state index in [4.69, 9.17) is 18.0 Å². The summed E-state index contributed by atoms with van der Waals surface area (Å²) in [7, 11) is 2.19. The Labute approximate surface area is 148 Å². The molecule has 0 amide bonds. The quantitative estimate of drug-likeness (QED) is 0.665. The van der Waals surface area contributed by atoms with Gasteiger partial charge in [0.05, 0.1) is 0 Å². The van der Waals surface area contributed by atoms with E-state index in [1.807, 2.05) is 12.1 Å². The van der Waals surface area contributed by atoms with Gasteiger partial charge in [-0.1, -0.05) is 60.7 Å². The molecule has 1 fully saturated rings. The van der Waals surface area contributed by atoms with E-state index in [0.717, 1.165) is 18.6 Å². The van der Waals surface area contributed by atoms with Crippen molar-refractivity contribution >= 4 is 23.0 Å². The first-order valence-corrected chi connectivity index (χ1v) is 8.48. The van der Waals surface area contributed by atoms with Crippen LogP contribution in [0, 0.1) is 0 Å². The number of rotatable bonds is 3. The Morgan fingerprint density at radius 1 is 1.00 bits per heavy atom. The van der Waals surface area contributed by atoms with Crippen molar-refractivity contribution in [3.8, 4) is 0 Å².